The Morgan fingerprint density at radius 2 is 2.14 bits per heavy atom. The molecule has 0 saturated carbocycles. The molecule has 21 heavy (non-hydrogen) atoms. The first-order valence-electron chi connectivity index (χ1n) is 7.08. The van der Waals surface area contributed by atoms with Crippen LogP contribution in [-0.4, -0.2) is 18.0 Å². The van der Waals surface area contributed by atoms with Crippen LogP contribution in [0.1, 0.15) is 31.7 Å². The van der Waals surface area contributed by atoms with E-state index in [0.29, 0.717) is 24.2 Å². The fraction of sp³-hybridized carbons (Fsp3) is 0.375. The van der Waals surface area contributed by atoms with Crippen LogP contribution in [0.15, 0.2) is 29.1 Å². The Balaban J connectivity index is 2.29. The topological polar surface area (TPSA) is 71.2 Å². The molecule has 0 aliphatic heterocycles. The molecule has 2 rings (SSSR count). The molecule has 2 N–H and O–H groups in total. The number of unbranched alkanes of at least 4 members (excludes halogenated alkanes) is 1. The fourth-order valence-electron chi connectivity index (χ4n) is 2.25. The number of benzene rings is 1. The van der Waals surface area contributed by atoms with Crippen LogP contribution in [0.2, 0.25) is 0 Å². The third-order valence-electron chi connectivity index (χ3n) is 3.27. The lowest BCUT2D eigenvalue weighted by Crippen LogP contribution is -2.12. The second-order valence-electron chi connectivity index (χ2n) is 5.00. The largest absolute Gasteiger partial charge is 0.380 e. The third kappa shape index (κ3) is 3.92. The summed E-state index contributed by atoms with van der Waals surface area (Å²) in [4.78, 5) is 26.2. The van der Waals surface area contributed by atoms with Crippen molar-refractivity contribution >= 4 is 22.5 Å². The number of amides is 1. The lowest BCUT2D eigenvalue weighted by Gasteiger charge is -2.09. The molecule has 0 bridgehead atoms. The molecular weight excluding hydrogens is 268 g/mol. The van der Waals surface area contributed by atoms with E-state index >= 15 is 0 Å². The number of hydrogen-bond donors (Lipinski definition) is 2. The molecule has 0 radical (unpaired) electrons. The van der Waals surface area contributed by atoms with Crippen molar-refractivity contribution in [3.8, 4) is 0 Å². The van der Waals surface area contributed by atoms with E-state index in [9.17, 15) is 9.59 Å². The highest BCUT2D eigenvalue weighted by Crippen LogP contribution is 2.20. The molecule has 1 aromatic heterocycles. The smallest absolute Gasteiger partial charge is 0.248 e. The Morgan fingerprint density at radius 1 is 1.33 bits per heavy atom. The Kier molecular flexibility index (Phi) is 5.11. The van der Waals surface area contributed by atoms with Crippen molar-refractivity contribution in [1.29, 1.82) is 0 Å². The van der Waals surface area contributed by atoms with E-state index in [1.807, 2.05) is 19.1 Å². The molecular formula is C16H20N2O3. The number of aromatic amines is 1. The van der Waals surface area contributed by atoms with E-state index in [-0.39, 0.29) is 11.5 Å². The second kappa shape index (κ2) is 7.04. The zero-order chi connectivity index (χ0) is 15.2. The van der Waals surface area contributed by atoms with E-state index in [4.69, 9.17) is 4.74 Å². The summed E-state index contributed by atoms with van der Waals surface area (Å²) in [5.74, 6) is -0.00778. The van der Waals surface area contributed by atoms with Crippen molar-refractivity contribution in [2.24, 2.45) is 0 Å². The van der Waals surface area contributed by atoms with Crippen LogP contribution < -0.4 is 10.9 Å². The maximum Gasteiger partial charge on any atom is 0.248 e. The quantitative estimate of drug-likeness (QED) is 0.858. The minimum Gasteiger partial charge on any atom is -0.380 e. The summed E-state index contributed by atoms with van der Waals surface area (Å²) in [5, 5.41) is 3.77. The van der Waals surface area contributed by atoms with Crippen LogP contribution in [0.5, 0.6) is 0 Å². The van der Waals surface area contributed by atoms with Crippen molar-refractivity contribution in [1.82, 2.24) is 4.98 Å². The Labute approximate surface area is 123 Å². The first-order valence-corrected chi connectivity index (χ1v) is 7.08. The number of aromatic nitrogens is 1. The number of carbonyl (C=O) groups excluding carboxylic acids is 1. The summed E-state index contributed by atoms with van der Waals surface area (Å²) in [6, 6.07) is 7.03. The summed E-state index contributed by atoms with van der Waals surface area (Å²) in [6.45, 7) is 2.42. The maximum atomic E-state index is 11.7. The fourth-order valence-corrected chi connectivity index (χ4v) is 2.25. The van der Waals surface area contributed by atoms with Gasteiger partial charge in [0.2, 0.25) is 11.5 Å². The van der Waals surface area contributed by atoms with Gasteiger partial charge in [0.1, 0.15) is 0 Å². The number of carbonyl (C=O) groups is 1. The number of rotatable bonds is 6. The number of nitrogens with one attached hydrogen (secondary N) is 2. The number of pyridine rings is 1. The Morgan fingerprint density at radius 3 is 2.86 bits per heavy atom. The molecule has 0 atom stereocenters. The number of ether oxygens (including phenoxy) is 1. The van der Waals surface area contributed by atoms with Crippen LogP contribution in [0.4, 0.5) is 5.69 Å². The molecule has 2 aromatic rings. The van der Waals surface area contributed by atoms with Gasteiger partial charge in [0.15, 0.2) is 0 Å². The molecule has 1 amide bonds. The van der Waals surface area contributed by atoms with Gasteiger partial charge in [0, 0.05) is 30.7 Å². The van der Waals surface area contributed by atoms with E-state index in [2.05, 4.69) is 10.3 Å². The minimum absolute atomic E-state index is 0.00778. The van der Waals surface area contributed by atoms with Crippen LogP contribution >= 0.6 is 0 Å². The van der Waals surface area contributed by atoms with Gasteiger partial charge >= 0.3 is 0 Å². The zero-order valence-electron chi connectivity index (χ0n) is 12.4. The highest BCUT2D eigenvalue weighted by Gasteiger charge is 2.06. The number of methoxy groups -OCH3 is 1. The third-order valence-corrected chi connectivity index (χ3v) is 3.27. The van der Waals surface area contributed by atoms with Gasteiger partial charge in [-0.15, -0.1) is 0 Å². The van der Waals surface area contributed by atoms with Crippen LogP contribution in [0, 0.1) is 0 Å². The predicted octanol–water partition coefficient (Wildman–Crippen LogP) is 2.80. The lowest BCUT2D eigenvalue weighted by molar-refractivity contribution is -0.116. The van der Waals surface area contributed by atoms with Crippen molar-refractivity contribution in [2.75, 3.05) is 12.4 Å². The molecule has 0 saturated heterocycles. The van der Waals surface area contributed by atoms with Crippen LogP contribution in [0.25, 0.3) is 10.9 Å². The number of fused-ring (bicyclic) bond motifs is 1. The van der Waals surface area contributed by atoms with Crippen molar-refractivity contribution in [3.63, 3.8) is 0 Å². The molecule has 0 aliphatic rings. The molecule has 0 spiro atoms. The summed E-state index contributed by atoms with van der Waals surface area (Å²) in [7, 11) is 1.59. The molecule has 1 aromatic carbocycles. The maximum absolute atomic E-state index is 11.7. The highest BCUT2D eigenvalue weighted by molar-refractivity contribution is 5.94. The number of H-pyrrole nitrogens is 1. The van der Waals surface area contributed by atoms with Gasteiger partial charge in [-0.05, 0) is 24.1 Å². The summed E-state index contributed by atoms with van der Waals surface area (Å²) < 4.78 is 5.11. The van der Waals surface area contributed by atoms with E-state index < -0.39 is 0 Å². The summed E-state index contributed by atoms with van der Waals surface area (Å²) in [6.07, 6.45) is 2.36. The van der Waals surface area contributed by atoms with E-state index in [0.717, 1.165) is 23.8 Å². The first kappa shape index (κ1) is 15.3. The van der Waals surface area contributed by atoms with Gasteiger partial charge in [-0.1, -0.05) is 19.4 Å². The standard InChI is InChI=1S/C16H20N2O3/c1-3-4-5-15(19)17-12-6-7-13-11(10-21-2)8-16(20)18-14(13)9-12/h6-9H,3-5,10H2,1-2H3,(H,17,19)(H,18,20). The molecule has 1 heterocycles. The Bertz CT molecular complexity index is 691. The molecule has 5 heteroatoms. The number of hydrogen-bond acceptors (Lipinski definition) is 3. The average Bonchev–Trinajstić information content (AvgIpc) is 2.45. The van der Waals surface area contributed by atoms with Gasteiger partial charge in [-0.2, -0.15) is 0 Å². The average molecular weight is 288 g/mol. The van der Waals surface area contributed by atoms with Gasteiger partial charge < -0.3 is 15.0 Å². The summed E-state index contributed by atoms with van der Waals surface area (Å²) >= 11 is 0. The van der Waals surface area contributed by atoms with Gasteiger partial charge in [-0.25, -0.2) is 0 Å². The second-order valence-corrected chi connectivity index (χ2v) is 5.00. The SMILES string of the molecule is CCCCC(=O)Nc1ccc2c(COC)cc(=O)[nH]c2c1. The molecule has 0 unspecified atom stereocenters. The minimum atomic E-state index is -0.177. The predicted molar refractivity (Wildman–Crippen MR) is 83.4 cm³/mol. The monoisotopic (exact) mass is 288 g/mol. The van der Waals surface area contributed by atoms with Crippen molar-refractivity contribution in [2.45, 2.75) is 32.8 Å². The summed E-state index contributed by atoms with van der Waals surface area (Å²) in [5.41, 5.74) is 2.04. The molecule has 112 valence electrons. The first-order chi connectivity index (χ1) is 10.1. The van der Waals surface area contributed by atoms with Crippen LogP contribution in [0.3, 0.4) is 0 Å². The molecule has 5 nitrogen and oxygen atoms in total. The van der Waals surface area contributed by atoms with Gasteiger partial charge in [0.25, 0.3) is 0 Å². The number of anilines is 1. The van der Waals surface area contributed by atoms with Gasteiger partial charge in [0.05, 0.1) is 12.1 Å². The van der Waals surface area contributed by atoms with E-state index in [1.165, 1.54) is 6.07 Å². The van der Waals surface area contributed by atoms with Crippen molar-refractivity contribution < 1.29 is 9.53 Å². The van der Waals surface area contributed by atoms with Crippen LogP contribution in [-0.2, 0) is 16.1 Å². The van der Waals surface area contributed by atoms with E-state index in [1.54, 1.807) is 13.2 Å². The van der Waals surface area contributed by atoms with Gasteiger partial charge in [-0.3, -0.25) is 9.59 Å². The lowest BCUT2D eigenvalue weighted by atomic mass is 10.1. The van der Waals surface area contributed by atoms with Crippen molar-refractivity contribution in [3.05, 3.63) is 40.2 Å². The molecule has 0 aliphatic carbocycles. The molecule has 0 fully saturated rings. The Hall–Kier alpha value is -2.14. The normalized spacial score (nSPS) is 10.8. The zero-order valence-corrected chi connectivity index (χ0v) is 12.4. The highest BCUT2D eigenvalue weighted by atomic mass is 16.5.